The van der Waals surface area contributed by atoms with E-state index in [9.17, 15) is 5.11 Å². The molecule has 1 aromatic rings. The summed E-state index contributed by atoms with van der Waals surface area (Å²) < 4.78 is 1.06. The van der Waals surface area contributed by atoms with E-state index < -0.39 is 0 Å². The Balaban J connectivity index is 1.77. The second kappa shape index (κ2) is 8.28. The first-order valence-electron chi connectivity index (χ1n) is 8.04. The number of hydrogen-bond donors (Lipinski definition) is 1. The van der Waals surface area contributed by atoms with E-state index in [0.717, 1.165) is 49.2 Å². The Morgan fingerprint density at radius 3 is 2.57 bits per heavy atom. The van der Waals surface area contributed by atoms with Crippen LogP contribution in [0.2, 0.25) is 0 Å². The lowest BCUT2D eigenvalue weighted by Crippen LogP contribution is -2.37. The van der Waals surface area contributed by atoms with Gasteiger partial charge in [0.2, 0.25) is 0 Å². The molecule has 0 amide bonds. The van der Waals surface area contributed by atoms with E-state index in [1.54, 1.807) is 0 Å². The summed E-state index contributed by atoms with van der Waals surface area (Å²) in [5.74, 6) is 0. The van der Waals surface area contributed by atoms with E-state index in [2.05, 4.69) is 39.6 Å². The largest absolute Gasteiger partial charge is 0.388 e. The van der Waals surface area contributed by atoms with E-state index >= 15 is 0 Å². The molecule has 0 radical (unpaired) electrons. The number of benzene rings is 1. The number of likely N-dealkylation sites (N-methyl/N-ethyl adjacent to an activating group) is 1. The van der Waals surface area contributed by atoms with Crippen LogP contribution >= 0.6 is 15.9 Å². The molecule has 0 spiro atoms. The first kappa shape index (κ1) is 16.9. The highest BCUT2D eigenvalue weighted by molar-refractivity contribution is 9.10. The minimum Gasteiger partial charge on any atom is -0.388 e. The summed E-state index contributed by atoms with van der Waals surface area (Å²) in [6.45, 7) is 10.0. The lowest BCUT2D eigenvalue weighted by Gasteiger charge is -2.26. The van der Waals surface area contributed by atoms with Gasteiger partial charge in [0.15, 0.2) is 0 Å². The third-order valence-electron chi connectivity index (χ3n) is 4.55. The first-order valence-corrected chi connectivity index (χ1v) is 8.83. The molecule has 0 bridgehead atoms. The third kappa shape index (κ3) is 4.78. The number of likely N-dealkylation sites (tertiary alicyclic amines) is 1. The predicted octanol–water partition coefficient (Wildman–Crippen LogP) is 3.29. The van der Waals surface area contributed by atoms with Gasteiger partial charge >= 0.3 is 0 Å². The van der Waals surface area contributed by atoms with Gasteiger partial charge in [0.25, 0.3) is 0 Å². The number of aliphatic hydroxyl groups excluding tert-OH is 1. The number of halogens is 1. The van der Waals surface area contributed by atoms with Crippen LogP contribution in [0, 0.1) is 0 Å². The summed E-state index contributed by atoms with van der Waals surface area (Å²) in [5.41, 5.74) is 1.01. The predicted molar refractivity (Wildman–Crippen MR) is 91.5 cm³/mol. The minimum atomic E-state index is -0.356. The molecular weight excluding hydrogens is 328 g/mol. The summed E-state index contributed by atoms with van der Waals surface area (Å²) in [7, 11) is 0. The average molecular weight is 355 g/mol. The highest BCUT2D eigenvalue weighted by Crippen LogP contribution is 2.21. The van der Waals surface area contributed by atoms with Crippen molar-refractivity contribution >= 4 is 15.9 Å². The van der Waals surface area contributed by atoms with Gasteiger partial charge in [0, 0.05) is 23.6 Å². The maximum atomic E-state index is 10.3. The zero-order chi connectivity index (χ0) is 15.2. The Labute approximate surface area is 137 Å². The van der Waals surface area contributed by atoms with E-state index in [-0.39, 0.29) is 6.10 Å². The van der Waals surface area contributed by atoms with Crippen molar-refractivity contribution in [2.24, 2.45) is 0 Å². The van der Waals surface area contributed by atoms with E-state index in [0.29, 0.717) is 6.04 Å². The molecule has 4 heteroatoms. The fourth-order valence-electron chi connectivity index (χ4n) is 3.21. The van der Waals surface area contributed by atoms with E-state index in [4.69, 9.17) is 0 Å². The molecule has 0 aromatic heterocycles. The van der Waals surface area contributed by atoms with Gasteiger partial charge in [-0.25, -0.2) is 0 Å². The lowest BCUT2D eigenvalue weighted by molar-refractivity contribution is 0.144. The smallest absolute Gasteiger partial charge is 0.0802 e. The Bertz CT molecular complexity index is 419. The molecule has 2 rings (SSSR count). The molecule has 1 N–H and O–H groups in total. The van der Waals surface area contributed by atoms with Crippen molar-refractivity contribution in [3.05, 3.63) is 34.3 Å². The van der Waals surface area contributed by atoms with Gasteiger partial charge in [0.1, 0.15) is 0 Å². The van der Waals surface area contributed by atoms with Crippen LogP contribution in [0.3, 0.4) is 0 Å². The van der Waals surface area contributed by atoms with E-state index in [1.807, 2.05) is 24.3 Å². The maximum Gasteiger partial charge on any atom is 0.0802 e. The highest BCUT2D eigenvalue weighted by Gasteiger charge is 2.26. The van der Waals surface area contributed by atoms with Gasteiger partial charge in [-0.05, 0) is 50.2 Å². The summed E-state index contributed by atoms with van der Waals surface area (Å²) in [4.78, 5) is 5.04. The zero-order valence-corrected chi connectivity index (χ0v) is 14.7. The van der Waals surface area contributed by atoms with Gasteiger partial charge in [-0.2, -0.15) is 0 Å². The number of hydrogen-bond acceptors (Lipinski definition) is 3. The van der Waals surface area contributed by atoms with Crippen LogP contribution in [0.1, 0.15) is 38.4 Å². The van der Waals surface area contributed by atoms with Gasteiger partial charge in [-0.15, -0.1) is 0 Å². The summed E-state index contributed by atoms with van der Waals surface area (Å²) in [6, 6.07) is 8.68. The molecule has 2 unspecified atom stereocenters. The topological polar surface area (TPSA) is 26.7 Å². The van der Waals surface area contributed by atoms with Crippen molar-refractivity contribution in [1.29, 1.82) is 0 Å². The van der Waals surface area contributed by atoms with Gasteiger partial charge < -0.3 is 10.0 Å². The molecule has 0 aliphatic carbocycles. The zero-order valence-electron chi connectivity index (χ0n) is 13.1. The van der Waals surface area contributed by atoms with Crippen molar-refractivity contribution in [2.45, 2.75) is 38.8 Å². The highest BCUT2D eigenvalue weighted by atomic mass is 79.9. The molecule has 1 heterocycles. The van der Waals surface area contributed by atoms with Crippen LogP contribution in [-0.2, 0) is 0 Å². The molecule has 21 heavy (non-hydrogen) atoms. The van der Waals surface area contributed by atoms with Crippen LogP contribution in [0.4, 0.5) is 0 Å². The number of rotatable bonds is 7. The minimum absolute atomic E-state index is 0.356. The fraction of sp³-hybridized carbons (Fsp3) is 0.647. The molecule has 1 aliphatic heterocycles. The maximum absolute atomic E-state index is 10.3. The van der Waals surface area contributed by atoms with Crippen molar-refractivity contribution < 1.29 is 5.11 Å². The van der Waals surface area contributed by atoms with E-state index in [1.165, 1.54) is 6.42 Å². The van der Waals surface area contributed by atoms with Crippen molar-refractivity contribution in [3.63, 3.8) is 0 Å². The lowest BCUT2D eigenvalue weighted by atomic mass is 10.1. The molecule has 1 saturated heterocycles. The average Bonchev–Trinajstić information content (AvgIpc) is 2.96. The van der Waals surface area contributed by atoms with Crippen molar-refractivity contribution in [3.8, 4) is 0 Å². The quantitative estimate of drug-likeness (QED) is 0.813. The molecule has 3 nitrogen and oxygen atoms in total. The SMILES string of the molecule is CCN(CC)C1CCN(CCC(O)c2ccc(Br)cc2)C1. The summed E-state index contributed by atoms with van der Waals surface area (Å²) >= 11 is 3.43. The fourth-order valence-corrected chi connectivity index (χ4v) is 3.47. The standard InChI is InChI=1S/C17H27BrN2O/c1-3-20(4-2)16-9-11-19(13-16)12-10-17(21)14-5-7-15(18)8-6-14/h5-8,16-17,21H,3-4,9-13H2,1-2H3. The Hall–Kier alpha value is -0.420. The number of nitrogens with zero attached hydrogens (tertiary/aromatic N) is 2. The first-order chi connectivity index (χ1) is 10.1. The van der Waals surface area contributed by atoms with Crippen LogP contribution in [0.15, 0.2) is 28.7 Å². The molecular formula is C17H27BrN2O. The summed E-state index contributed by atoms with van der Waals surface area (Å²) in [5, 5.41) is 10.3. The van der Waals surface area contributed by atoms with Crippen LogP contribution in [0.25, 0.3) is 0 Å². The van der Waals surface area contributed by atoms with Gasteiger partial charge in [0.05, 0.1) is 6.10 Å². The Morgan fingerprint density at radius 2 is 1.95 bits per heavy atom. The van der Waals surface area contributed by atoms with Crippen LogP contribution in [0.5, 0.6) is 0 Å². The Morgan fingerprint density at radius 1 is 1.29 bits per heavy atom. The van der Waals surface area contributed by atoms with Crippen molar-refractivity contribution in [2.75, 3.05) is 32.7 Å². The summed E-state index contributed by atoms with van der Waals surface area (Å²) in [6.07, 6.45) is 1.72. The Kier molecular flexibility index (Phi) is 6.68. The second-order valence-corrected chi connectivity index (χ2v) is 6.74. The monoisotopic (exact) mass is 354 g/mol. The van der Waals surface area contributed by atoms with Gasteiger partial charge in [-0.1, -0.05) is 41.9 Å². The second-order valence-electron chi connectivity index (χ2n) is 5.82. The van der Waals surface area contributed by atoms with Crippen LogP contribution in [-0.4, -0.2) is 53.7 Å². The normalized spacial score (nSPS) is 21.1. The molecule has 0 saturated carbocycles. The molecule has 1 fully saturated rings. The molecule has 1 aliphatic rings. The van der Waals surface area contributed by atoms with Gasteiger partial charge in [-0.3, -0.25) is 4.90 Å². The van der Waals surface area contributed by atoms with Crippen LogP contribution < -0.4 is 0 Å². The molecule has 2 atom stereocenters. The molecule has 118 valence electrons. The third-order valence-corrected chi connectivity index (χ3v) is 5.08. The molecule has 1 aromatic carbocycles. The number of aliphatic hydroxyl groups is 1. The van der Waals surface area contributed by atoms with Crippen molar-refractivity contribution in [1.82, 2.24) is 9.80 Å².